The molecular formula is C65H67F3FeN18O11. The Kier molecular flexibility index (Phi) is 29.4. The minimum absolute atomic E-state index is 0. The van der Waals surface area contributed by atoms with Crippen LogP contribution >= 0.6 is 0 Å². The number of unbranched alkanes of at least 4 members (excludes halogenated alkanes) is 4. The fourth-order valence-corrected chi connectivity index (χ4v) is 9.16. The molecule has 0 radical (unpaired) electrons. The van der Waals surface area contributed by atoms with Crippen LogP contribution in [0.25, 0.3) is 22.1 Å². The van der Waals surface area contributed by atoms with Crippen molar-refractivity contribution in [3.05, 3.63) is 225 Å². The fraction of sp³-hybridized carbons (Fsp3) is 0.292. The minimum atomic E-state index is -0.833. The van der Waals surface area contributed by atoms with Gasteiger partial charge in [0.25, 0.3) is 46.9 Å². The molecule has 0 saturated heterocycles. The van der Waals surface area contributed by atoms with Crippen LogP contribution in [0.3, 0.4) is 0 Å². The third-order valence-electron chi connectivity index (χ3n) is 13.9. The number of halogens is 3. The molecule has 11 rings (SSSR count). The summed E-state index contributed by atoms with van der Waals surface area (Å²) in [5, 5.41) is 40.3. The van der Waals surface area contributed by atoms with Crippen LogP contribution in [0.2, 0.25) is 0 Å². The molecule has 3 aromatic carbocycles. The second kappa shape index (κ2) is 38.9. The number of H-pyrrole nitrogens is 2. The number of hydrogen-bond donors (Lipinski definition) is 7. The smallest absolute Gasteiger partial charge is 0.300 e. The number of aryl methyl sites for hydroxylation is 3. The van der Waals surface area contributed by atoms with Gasteiger partial charge in [-0.05, 0) is 86.3 Å². The number of amides is 3. The van der Waals surface area contributed by atoms with Crippen LogP contribution in [-0.4, -0.2) is 118 Å². The number of carbonyl (C=O) groups excluding carboxylic acids is 4. The van der Waals surface area contributed by atoms with E-state index >= 15 is 0 Å². The summed E-state index contributed by atoms with van der Waals surface area (Å²) in [6, 6.07) is 30.3. The van der Waals surface area contributed by atoms with Gasteiger partial charge >= 0.3 is 0 Å². The van der Waals surface area contributed by atoms with Crippen LogP contribution in [0.1, 0.15) is 136 Å². The zero-order valence-electron chi connectivity index (χ0n) is 52.7. The number of ketones is 1. The zero-order valence-corrected chi connectivity index (χ0v) is 53.8. The number of fused-ring (bicyclic) bond motifs is 2. The molecule has 29 nitrogen and oxygen atoms in total. The Labute approximate surface area is 567 Å². The number of rotatable bonds is 30. The molecule has 0 aliphatic heterocycles. The van der Waals surface area contributed by atoms with E-state index in [1.165, 1.54) is 61.1 Å². The maximum absolute atomic E-state index is 13.5. The van der Waals surface area contributed by atoms with Crippen LogP contribution in [0.15, 0.2) is 141 Å². The predicted octanol–water partition coefficient (Wildman–Crippen LogP) is 8.60. The molecule has 0 saturated carbocycles. The van der Waals surface area contributed by atoms with E-state index in [0.29, 0.717) is 68.8 Å². The molecule has 512 valence electrons. The van der Waals surface area contributed by atoms with Crippen molar-refractivity contribution >= 4 is 57.2 Å². The van der Waals surface area contributed by atoms with E-state index in [9.17, 15) is 42.5 Å². The maximum Gasteiger partial charge on any atom is 0.300 e. The van der Waals surface area contributed by atoms with E-state index in [4.69, 9.17) is 23.5 Å². The van der Waals surface area contributed by atoms with Crippen LogP contribution in [0.5, 0.6) is 0 Å². The van der Waals surface area contributed by atoms with E-state index in [1.807, 2.05) is 48.5 Å². The quantitative estimate of drug-likeness (QED) is 0.00958. The maximum atomic E-state index is 13.5. The SMILES string of the molecule is CC(=O)O.O=C(CCCCCc1nc(C(=O)NCc2ncccc2F)no1)Cc1ccccc1[N+](=O)[O-].O=C(NCc1ncccc1F)c1noc(CCCCCc2nc3ccccc3[nH]2)n1.O=C(NCc1ncccc1F)c1noc(CCNCCc2nc3ccccc3[nH]2)n1.[Fe]. The number of pyridine rings is 3. The molecule has 0 spiro atoms. The van der Waals surface area contributed by atoms with Gasteiger partial charge in [-0.25, -0.2) is 23.1 Å². The van der Waals surface area contributed by atoms with Gasteiger partial charge in [0.1, 0.15) is 34.9 Å². The average molecular weight is 1390 g/mol. The van der Waals surface area contributed by atoms with Crippen molar-refractivity contribution in [3.63, 3.8) is 0 Å². The second-order valence-corrected chi connectivity index (χ2v) is 21.3. The van der Waals surface area contributed by atoms with Gasteiger partial charge in [-0.3, -0.25) is 49.0 Å². The summed E-state index contributed by atoms with van der Waals surface area (Å²) in [5.41, 5.74) is 4.77. The Hall–Kier alpha value is -11.3. The minimum Gasteiger partial charge on any atom is -0.481 e. The molecule has 33 heteroatoms. The molecular weight excluding hydrogens is 1320 g/mol. The molecule has 0 fully saturated rings. The summed E-state index contributed by atoms with van der Waals surface area (Å²) in [6.07, 6.45) is 12.7. The number of aromatic amines is 2. The first kappa shape index (κ1) is 74.1. The second-order valence-electron chi connectivity index (χ2n) is 21.3. The largest absolute Gasteiger partial charge is 0.481 e. The molecule has 98 heavy (non-hydrogen) atoms. The number of carboxylic acid groups (broad SMARTS) is 1. The number of imidazole rings is 2. The number of nitro benzene ring substituents is 1. The van der Waals surface area contributed by atoms with E-state index in [0.717, 1.165) is 79.3 Å². The molecule has 3 amide bonds. The summed E-state index contributed by atoms with van der Waals surface area (Å²) < 4.78 is 55.9. The fourth-order valence-electron chi connectivity index (χ4n) is 9.16. The van der Waals surface area contributed by atoms with Crippen molar-refractivity contribution in [3.8, 4) is 0 Å². The van der Waals surface area contributed by atoms with Crippen LogP contribution in [0, 0.1) is 27.6 Å². The van der Waals surface area contributed by atoms with E-state index < -0.39 is 46.1 Å². The Morgan fingerprint density at radius 1 is 0.510 bits per heavy atom. The first-order valence-corrected chi connectivity index (χ1v) is 30.7. The number of benzene rings is 3. The molecule has 0 atom stereocenters. The van der Waals surface area contributed by atoms with Gasteiger partial charge in [-0.1, -0.05) is 70.8 Å². The third-order valence-corrected chi connectivity index (χ3v) is 13.9. The first-order chi connectivity index (χ1) is 47.0. The summed E-state index contributed by atoms with van der Waals surface area (Å²) in [7, 11) is 0. The molecule has 0 bridgehead atoms. The van der Waals surface area contributed by atoms with Gasteiger partial charge in [-0.15, -0.1) is 0 Å². The standard InChI is InChI=1S/C22H22FN5O5.C21H21FN6O2.C20H20FN7O2.C2H4O2.Fe/c23-17-9-6-12-24-18(17)14-25-22(30)21-26-20(33-27-21)11-3-1-2-8-16(29)13-15-7-4-5-10-19(15)28(31)32;22-14-7-6-12-23-17(14)13-24-21(29)20-27-19(30-28-20)11-3-1-2-10-18-25-15-8-4-5-9-16(15)26-18;21-13-4-3-9-23-16(13)12-24-20(29)19-27-18(30-28-19)8-11-22-10-7-17-25-14-5-1-2-6-15(14)26-17;1-2(3)4;/h4-7,9-10,12H,1-3,8,11,13-14H2,(H,25,30);4-9,12H,1-3,10-11,13H2,(H,24,29)(H,25,26);1-6,9,22H,7-8,10-12H2,(H,24,29)(H,25,26);1H3,(H,3,4);. The molecule has 0 unspecified atom stereocenters. The normalized spacial score (nSPS) is 10.7. The van der Waals surface area contributed by atoms with E-state index in [2.05, 4.69) is 86.6 Å². The van der Waals surface area contributed by atoms with Crippen LogP contribution in [0.4, 0.5) is 18.9 Å². The zero-order chi connectivity index (χ0) is 68.7. The topological polar surface area (TPSA) is 410 Å². The summed E-state index contributed by atoms with van der Waals surface area (Å²) >= 11 is 0. The van der Waals surface area contributed by atoms with Crippen molar-refractivity contribution in [2.45, 2.75) is 110 Å². The van der Waals surface area contributed by atoms with Crippen molar-refractivity contribution in [1.82, 2.24) is 86.6 Å². The van der Waals surface area contributed by atoms with Gasteiger partial charge in [-0.2, -0.15) is 15.0 Å². The molecule has 11 aromatic rings. The van der Waals surface area contributed by atoms with Gasteiger partial charge in [0, 0.05) is 112 Å². The molecule has 7 N–H and O–H groups in total. The number of nitrogens with zero attached hydrogens (tertiary/aromatic N) is 12. The van der Waals surface area contributed by atoms with Crippen molar-refractivity contribution < 1.29 is 77.8 Å². The van der Waals surface area contributed by atoms with Gasteiger partial charge in [0.2, 0.25) is 17.7 Å². The number of para-hydroxylation sites is 5. The van der Waals surface area contributed by atoms with Gasteiger partial charge in [0.05, 0.1) is 63.7 Å². The number of hydrogen-bond acceptors (Lipinski definition) is 22. The Balaban J connectivity index is 0.000000200. The van der Waals surface area contributed by atoms with Crippen LogP contribution in [-0.2, 0) is 84.8 Å². The van der Waals surface area contributed by atoms with Gasteiger partial charge < -0.3 is 49.9 Å². The van der Waals surface area contributed by atoms with E-state index in [1.54, 1.807) is 18.2 Å². The van der Waals surface area contributed by atoms with Gasteiger partial charge in [0.15, 0.2) is 0 Å². The van der Waals surface area contributed by atoms with Crippen molar-refractivity contribution in [2.24, 2.45) is 0 Å². The number of carboxylic acids is 1. The Morgan fingerprint density at radius 2 is 0.908 bits per heavy atom. The van der Waals surface area contributed by atoms with Crippen molar-refractivity contribution in [2.75, 3.05) is 13.1 Å². The predicted molar refractivity (Wildman–Crippen MR) is 340 cm³/mol. The summed E-state index contributed by atoms with van der Waals surface area (Å²) in [4.78, 5) is 107. The number of Topliss-reactive ketones (excluding diaryl/α,β-unsaturated/α-hetero) is 1. The summed E-state index contributed by atoms with van der Waals surface area (Å²) in [5.74, 6) is -1.42. The first-order valence-electron chi connectivity index (χ1n) is 30.7. The number of nitrogens with one attached hydrogen (secondary N) is 6. The number of aliphatic carboxylic acids is 1. The molecule has 0 aliphatic carbocycles. The Bertz CT molecular complexity index is 4140. The molecule has 8 heterocycles. The number of carbonyl (C=O) groups is 5. The third kappa shape index (κ3) is 24.2. The number of nitro groups is 1. The van der Waals surface area contributed by atoms with Crippen LogP contribution < -0.4 is 21.3 Å². The molecule has 0 aliphatic rings. The monoisotopic (exact) mass is 1390 g/mol. The summed E-state index contributed by atoms with van der Waals surface area (Å²) in [6.45, 7) is 2.23. The molecule has 8 aromatic heterocycles. The van der Waals surface area contributed by atoms with Crippen molar-refractivity contribution in [1.29, 1.82) is 0 Å². The van der Waals surface area contributed by atoms with E-state index in [-0.39, 0.29) is 95.0 Å². The Morgan fingerprint density at radius 3 is 1.36 bits per heavy atom. The average Bonchev–Trinajstić information content (AvgIpc) is 1.75. The number of aromatic nitrogens is 13.